The molecule has 3 atom stereocenters. The lowest BCUT2D eigenvalue weighted by Gasteiger charge is -2.47. The predicted molar refractivity (Wildman–Crippen MR) is 127 cm³/mol. The third-order valence-corrected chi connectivity index (χ3v) is 7.62. The van der Waals surface area contributed by atoms with Crippen molar-refractivity contribution < 1.29 is 23.9 Å². The number of carbonyl (C=O) groups is 3. The Kier molecular flexibility index (Phi) is 6.04. The van der Waals surface area contributed by atoms with Crippen molar-refractivity contribution in [2.75, 3.05) is 13.1 Å². The molecule has 0 bridgehead atoms. The summed E-state index contributed by atoms with van der Waals surface area (Å²) < 4.78 is 12.4. The highest BCUT2D eigenvalue weighted by Crippen LogP contribution is 2.34. The van der Waals surface area contributed by atoms with Gasteiger partial charge in [0.05, 0.1) is 6.20 Å². The molecule has 188 valence electrons. The number of rotatable bonds is 6. The largest absolute Gasteiger partial charge is 0.489 e. The molecule has 1 N–H and O–H groups in total. The Morgan fingerprint density at radius 1 is 1.00 bits per heavy atom. The summed E-state index contributed by atoms with van der Waals surface area (Å²) >= 11 is 0. The second-order valence-electron chi connectivity index (χ2n) is 9.96. The highest BCUT2D eigenvalue weighted by molar-refractivity contribution is 6.05. The van der Waals surface area contributed by atoms with Crippen LogP contribution in [-0.4, -0.2) is 74.9 Å². The molecule has 1 saturated carbocycles. The summed E-state index contributed by atoms with van der Waals surface area (Å²) in [6, 6.07) is 5.28. The van der Waals surface area contributed by atoms with Crippen molar-refractivity contribution in [2.45, 2.75) is 69.4 Å². The fourth-order valence-corrected chi connectivity index (χ4v) is 5.76. The molecule has 1 aromatic carbocycles. The Balaban J connectivity index is 1.09. The Hall–Kier alpha value is -3.53. The maximum Gasteiger partial charge on any atom is 0.255 e. The molecule has 10 heteroatoms. The molecule has 2 aromatic rings. The molecule has 4 heterocycles. The van der Waals surface area contributed by atoms with E-state index < -0.39 is 11.9 Å². The first kappa shape index (κ1) is 22.9. The number of ether oxygens (including phenoxy) is 2. The molecule has 3 amide bonds. The van der Waals surface area contributed by atoms with E-state index in [0.717, 1.165) is 43.7 Å². The van der Waals surface area contributed by atoms with Crippen LogP contribution >= 0.6 is 0 Å². The Morgan fingerprint density at radius 3 is 2.67 bits per heavy atom. The number of carbonyl (C=O) groups excluding carboxylic acids is 3. The zero-order chi connectivity index (χ0) is 24.6. The third kappa shape index (κ3) is 4.41. The van der Waals surface area contributed by atoms with Gasteiger partial charge in [-0.05, 0) is 49.4 Å². The van der Waals surface area contributed by atoms with E-state index in [-0.39, 0.29) is 30.4 Å². The van der Waals surface area contributed by atoms with Gasteiger partial charge in [-0.15, -0.1) is 0 Å². The molecule has 0 spiro atoms. The molecular formula is C26H29N5O5. The number of piperidine rings is 1. The quantitative estimate of drug-likeness (QED) is 0.608. The summed E-state index contributed by atoms with van der Waals surface area (Å²) in [6.07, 6.45) is 10.0. The number of nitrogens with zero attached hydrogens (tertiary/aromatic N) is 4. The van der Waals surface area contributed by atoms with Crippen LogP contribution in [0.15, 0.2) is 36.8 Å². The van der Waals surface area contributed by atoms with Crippen molar-refractivity contribution in [3.8, 4) is 11.6 Å². The first-order valence-electron chi connectivity index (χ1n) is 12.7. The minimum atomic E-state index is -0.613. The van der Waals surface area contributed by atoms with Gasteiger partial charge in [0.1, 0.15) is 24.0 Å². The van der Waals surface area contributed by atoms with Crippen LogP contribution in [0.4, 0.5) is 0 Å². The lowest BCUT2D eigenvalue weighted by Crippen LogP contribution is -2.62. The SMILES string of the molecule is O=C1CCC(N2Cc3cc(OC4CCCCC4N4CC(Oc5cnccn5)C4)ccc3C2=O)C(=O)N1. The molecule has 3 fully saturated rings. The van der Waals surface area contributed by atoms with E-state index in [9.17, 15) is 14.4 Å². The van der Waals surface area contributed by atoms with E-state index in [0.29, 0.717) is 30.5 Å². The molecule has 1 aliphatic carbocycles. The van der Waals surface area contributed by atoms with Crippen LogP contribution in [0.3, 0.4) is 0 Å². The number of imide groups is 1. The van der Waals surface area contributed by atoms with E-state index in [1.54, 1.807) is 29.6 Å². The number of benzene rings is 1. The smallest absolute Gasteiger partial charge is 0.255 e. The van der Waals surface area contributed by atoms with Crippen LogP contribution in [0.2, 0.25) is 0 Å². The average molecular weight is 492 g/mol. The van der Waals surface area contributed by atoms with Gasteiger partial charge in [0.15, 0.2) is 0 Å². The number of hydrogen-bond donors (Lipinski definition) is 1. The van der Waals surface area contributed by atoms with Crippen molar-refractivity contribution >= 4 is 17.7 Å². The third-order valence-electron chi connectivity index (χ3n) is 7.62. The van der Waals surface area contributed by atoms with Crippen LogP contribution in [0.25, 0.3) is 0 Å². The van der Waals surface area contributed by atoms with Crippen LogP contribution in [0, 0.1) is 0 Å². The number of aromatic nitrogens is 2. The van der Waals surface area contributed by atoms with E-state index in [1.807, 2.05) is 12.1 Å². The van der Waals surface area contributed by atoms with Crippen molar-refractivity contribution in [1.82, 2.24) is 25.1 Å². The topological polar surface area (TPSA) is 114 Å². The summed E-state index contributed by atoms with van der Waals surface area (Å²) in [4.78, 5) is 49.0. The summed E-state index contributed by atoms with van der Waals surface area (Å²) in [5, 5.41) is 2.35. The Bertz CT molecular complexity index is 1170. The second-order valence-corrected chi connectivity index (χ2v) is 9.96. The molecule has 10 nitrogen and oxygen atoms in total. The Labute approximate surface area is 209 Å². The molecule has 3 unspecified atom stereocenters. The normalized spacial score (nSPS) is 26.8. The lowest BCUT2D eigenvalue weighted by atomic mass is 9.89. The number of fused-ring (bicyclic) bond motifs is 1. The Morgan fingerprint density at radius 2 is 1.86 bits per heavy atom. The molecule has 6 rings (SSSR count). The molecule has 4 aliphatic rings. The minimum absolute atomic E-state index is 0.0672. The fourth-order valence-electron chi connectivity index (χ4n) is 5.76. The predicted octanol–water partition coefficient (Wildman–Crippen LogP) is 1.69. The zero-order valence-corrected chi connectivity index (χ0v) is 20.0. The van der Waals surface area contributed by atoms with Crippen LogP contribution in [-0.2, 0) is 16.1 Å². The molecule has 3 aliphatic heterocycles. The zero-order valence-electron chi connectivity index (χ0n) is 20.0. The van der Waals surface area contributed by atoms with Gasteiger partial charge in [-0.25, -0.2) is 4.98 Å². The van der Waals surface area contributed by atoms with Crippen molar-refractivity contribution in [2.24, 2.45) is 0 Å². The van der Waals surface area contributed by atoms with Gasteiger partial charge >= 0.3 is 0 Å². The maximum absolute atomic E-state index is 13.0. The van der Waals surface area contributed by atoms with Gasteiger partial charge in [-0.2, -0.15) is 0 Å². The summed E-state index contributed by atoms with van der Waals surface area (Å²) in [5.41, 5.74) is 1.45. The van der Waals surface area contributed by atoms with Crippen LogP contribution < -0.4 is 14.8 Å². The number of likely N-dealkylation sites (tertiary alicyclic amines) is 1. The van der Waals surface area contributed by atoms with E-state index >= 15 is 0 Å². The van der Waals surface area contributed by atoms with Crippen LogP contribution in [0.1, 0.15) is 54.4 Å². The first-order chi connectivity index (χ1) is 17.5. The first-order valence-corrected chi connectivity index (χ1v) is 12.7. The number of hydrogen-bond acceptors (Lipinski definition) is 8. The standard InChI is InChI=1S/C26H29N5O5/c32-23-8-7-21(25(33)29-23)31-13-16-11-17(5-6-19(16)26(31)34)35-22-4-2-1-3-20(22)30-14-18(15-30)36-24-12-27-9-10-28-24/h5-6,9-12,18,20-22H,1-4,7-8,13-15H2,(H,29,32,33). The molecule has 0 radical (unpaired) electrons. The van der Waals surface area contributed by atoms with Crippen molar-refractivity contribution in [3.05, 3.63) is 47.9 Å². The molecule has 36 heavy (non-hydrogen) atoms. The maximum atomic E-state index is 13.0. The molecular weight excluding hydrogens is 462 g/mol. The second kappa shape index (κ2) is 9.50. The van der Waals surface area contributed by atoms with Crippen molar-refractivity contribution in [1.29, 1.82) is 0 Å². The van der Waals surface area contributed by atoms with Gasteiger partial charge in [-0.1, -0.05) is 6.42 Å². The number of amides is 3. The van der Waals surface area contributed by atoms with Crippen molar-refractivity contribution in [3.63, 3.8) is 0 Å². The van der Waals surface area contributed by atoms with Crippen LogP contribution in [0.5, 0.6) is 11.6 Å². The van der Waals surface area contributed by atoms with E-state index in [2.05, 4.69) is 20.2 Å². The van der Waals surface area contributed by atoms with Gasteiger partial charge in [0.2, 0.25) is 17.7 Å². The highest BCUT2D eigenvalue weighted by atomic mass is 16.5. The summed E-state index contributed by atoms with van der Waals surface area (Å²) in [5.74, 6) is 0.447. The summed E-state index contributed by atoms with van der Waals surface area (Å²) in [7, 11) is 0. The highest BCUT2D eigenvalue weighted by Gasteiger charge is 2.41. The van der Waals surface area contributed by atoms with E-state index in [4.69, 9.17) is 9.47 Å². The number of nitrogens with one attached hydrogen (secondary N) is 1. The average Bonchev–Trinajstić information content (AvgIpc) is 3.18. The monoisotopic (exact) mass is 491 g/mol. The van der Waals surface area contributed by atoms with Gasteiger partial charge in [0, 0.05) is 50.1 Å². The van der Waals surface area contributed by atoms with Gasteiger partial charge in [-0.3, -0.25) is 29.6 Å². The van der Waals surface area contributed by atoms with Gasteiger partial charge in [0.25, 0.3) is 5.91 Å². The molecule has 1 aromatic heterocycles. The molecule has 2 saturated heterocycles. The van der Waals surface area contributed by atoms with Gasteiger partial charge < -0.3 is 14.4 Å². The lowest BCUT2D eigenvalue weighted by molar-refractivity contribution is -0.136. The summed E-state index contributed by atoms with van der Waals surface area (Å²) in [6.45, 7) is 2.01. The van der Waals surface area contributed by atoms with E-state index in [1.165, 1.54) is 6.42 Å². The minimum Gasteiger partial charge on any atom is -0.489 e. The fraction of sp³-hybridized carbons (Fsp3) is 0.500.